The van der Waals surface area contributed by atoms with Crippen LogP contribution < -0.4 is 4.90 Å². The molecule has 1 saturated heterocycles. The molecule has 1 N–H and O–H groups in total. The van der Waals surface area contributed by atoms with Crippen LogP contribution in [0.15, 0.2) is 28.7 Å². The molecule has 1 aromatic carbocycles. The maximum absolute atomic E-state index is 13.3. The number of H-pyrrole nitrogens is 1. The molecule has 1 aromatic heterocycles. The van der Waals surface area contributed by atoms with Gasteiger partial charge in [0, 0.05) is 39.5 Å². The molecule has 6 nitrogen and oxygen atoms in total. The number of hydrogen-bond donors (Lipinski definition) is 1. The molecule has 28 heavy (non-hydrogen) atoms. The molecule has 1 atom stereocenters. The summed E-state index contributed by atoms with van der Waals surface area (Å²) in [4.78, 5) is 17.2. The van der Waals surface area contributed by atoms with Gasteiger partial charge >= 0.3 is 0 Å². The normalized spacial score (nSPS) is 16.6. The van der Waals surface area contributed by atoms with Gasteiger partial charge in [-0.1, -0.05) is 26.0 Å². The Morgan fingerprint density at radius 2 is 2.04 bits per heavy atom. The molecule has 1 amide bonds. The third-order valence-electron chi connectivity index (χ3n) is 5.07. The number of aromatic nitrogens is 2. The first-order chi connectivity index (χ1) is 13.4. The van der Waals surface area contributed by atoms with Gasteiger partial charge in [-0.25, -0.2) is 0 Å². The molecule has 152 valence electrons. The zero-order valence-electron chi connectivity index (χ0n) is 17.0. The Kier molecular flexibility index (Phi) is 6.78. The van der Waals surface area contributed by atoms with E-state index in [2.05, 4.69) is 69.1 Å². The summed E-state index contributed by atoms with van der Waals surface area (Å²) in [5, 5.41) is 7.31. The molecule has 0 spiro atoms. The van der Waals surface area contributed by atoms with Crippen molar-refractivity contribution in [2.24, 2.45) is 0 Å². The van der Waals surface area contributed by atoms with Crippen LogP contribution in [0.1, 0.15) is 54.4 Å². The van der Waals surface area contributed by atoms with E-state index in [0.29, 0.717) is 18.8 Å². The van der Waals surface area contributed by atoms with Crippen molar-refractivity contribution in [3.63, 3.8) is 0 Å². The lowest BCUT2D eigenvalue weighted by molar-refractivity contribution is 0.0502. The summed E-state index contributed by atoms with van der Waals surface area (Å²) in [5.41, 5.74) is 3.60. The fourth-order valence-electron chi connectivity index (χ4n) is 3.39. The fourth-order valence-corrected chi connectivity index (χ4v) is 4.19. The largest absolute Gasteiger partial charge is 0.378 e. The number of rotatable bonds is 7. The molecule has 1 aliphatic heterocycles. The average Bonchev–Trinajstić information content (AvgIpc) is 3.30. The van der Waals surface area contributed by atoms with Crippen molar-refractivity contribution in [2.75, 3.05) is 32.1 Å². The number of hydrogen-bond acceptors (Lipinski definition) is 4. The van der Waals surface area contributed by atoms with Crippen molar-refractivity contribution in [1.82, 2.24) is 15.1 Å². The number of amides is 1. The number of nitrogens with one attached hydrogen (secondary N) is 1. The van der Waals surface area contributed by atoms with E-state index < -0.39 is 0 Å². The van der Waals surface area contributed by atoms with Gasteiger partial charge in [0.15, 0.2) is 5.69 Å². The molecule has 0 radical (unpaired) electrons. The van der Waals surface area contributed by atoms with E-state index in [1.165, 1.54) is 0 Å². The highest BCUT2D eigenvalue weighted by atomic mass is 79.9. The molecule has 2 aromatic rings. The van der Waals surface area contributed by atoms with Crippen molar-refractivity contribution in [3.8, 4) is 0 Å². The van der Waals surface area contributed by atoms with E-state index in [1.807, 2.05) is 19.0 Å². The Hall–Kier alpha value is -1.86. The number of nitrogens with zero attached hydrogens (tertiary/aromatic N) is 3. The molecule has 1 aliphatic rings. The van der Waals surface area contributed by atoms with Crippen molar-refractivity contribution in [3.05, 3.63) is 45.7 Å². The maximum atomic E-state index is 13.3. The van der Waals surface area contributed by atoms with Gasteiger partial charge in [-0.15, -0.1) is 0 Å². The first kappa shape index (κ1) is 20.9. The SMILES string of the molecule is CC(C)c1[nH]nc(C(=O)N(Cc2ccc(N(C)C)cc2)CC2CCCO2)c1Br. The number of aromatic amines is 1. The highest BCUT2D eigenvalue weighted by Gasteiger charge is 2.28. The summed E-state index contributed by atoms with van der Waals surface area (Å²) in [7, 11) is 4.04. The first-order valence-electron chi connectivity index (χ1n) is 9.77. The van der Waals surface area contributed by atoms with Crippen LogP contribution in [0, 0.1) is 0 Å². The average molecular weight is 449 g/mol. The Labute approximate surface area is 175 Å². The van der Waals surface area contributed by atoms with E-state index in [1.54, 1.807) is 0 Å². The third-order valence-corrected chi connectivity index (χ3v) is 5.88. The Morgan fingerprint density at radius 1 is 1.32 bits per heavy atom. The van der Waals surface area contributed by atoms with Gasteiger partial charge in [0.05, 0.1) is 16.3 Å². The molecule has 3 rings (SSSR count). The lowest BCUT2D eigenvalue weighted by Crippen LogP contribution is -2.37. The van der Waals surface area contributed by atoms with Crippen molar-refractivity contribution in [1.29, 1.82) is 0 Å². The fraction of sp³-hybridized carbons (Fsp3) is 0.524. The zero-order chi connectivity index (χ0) is 20.3. The summed E-state index contributed by atoms with van der Waals surface area (Å²) in [6, 6.07) is 8.30. The lowest BCUT2D eigenvalue weighted by Gasteiger charge is -2.25. The topological polar surface area (TPSA) is 61.5 Å². The number of anilines is 1. The van der Waals surface area contributed by atoms with Crippen LogP contribution in [0.2, 0.25) is 0 Å². The lowest BCUT2D eigenvalue weighted by atomic mass is 10.1. The summed E-state index contributed by atoms with van der Waals surface area (Å²) in [6.07, 6.45) is 2.13. The molecular formula is C21H29BrN4O2. The molecule has 0 saturated carbocycles. The summed E-state index contributed by atoms with van der Waals surface area (Å²) < 4.78 is 6.55. The van der Waals surface area contributed by atoms with Crippen molar-refractivity contribution in [2.45, 2.75) is 45.3 Å². The van der Waals surface area contributed by atoms with Gasteiger partial charge in [-0.3, -0.25) is 9.89 Å². The molecule has 0 bridgehead atoms. The monoisotopic (exact) mass is 448 g/mol. The third kappa shape index (κ3) is 4.75. The highest BCUT2D eigenvalue weighted by molar-refractivity contribution is 9.10. The second-order valence-corrected chi connectivity index (χ2v) is 8.63. The predicted octanol–water partition coefficient (Wildman–Crippen LogP) is 4.18. The zero-order valence-corrected chi connectivity index (χ0v) is 18.6. The maximum Gasteiger partial charge on any atom is 0.275 e. The number of carbonyl (C=O) groups excluding carboxylic acids is 1. The molecule has 1 fully saturated rings. The second kappa shape index (κ2) is 9.09. The highest BCUT2D eigenvalue weighted by Crippen LogP contribution is 2.27. The standard InChI is InChI=1S/C21H29BrN4O2/c1-14(2)19-18(22)20(24-23-19)21(27)26(13-17-6-5-11-28-17)12-15-7-9-16(10-8-15)25(3)4/h7-10,14,17H,5-6,11-13H2,1-4H3,(H,23,24). The minimum atomic E-state index is -0.0813. The van der Waals surface area contributed by atoms with Crippen LogP contribution in [-0.4, -0.2) is 54.4 Å². The van der Waals surface area contributed by atoms with Gasteiger partial charge in [-0.2, -0.15) is 5.10 Å². The van der Waals surface area contributed by atoms with E-state index in [-0.39, 0.29) is 17.9 Å². The molecule has 0 aliphatic carbocycles. The van der Waals surface area contributed by atoms with Crippen LogP contribution in [0.3, 0.4) is 0 Å². The summed E-state index contributed by atoms with van der Waals surface area (Å²) in [6.45, 7) is 6.02. The summed E-state index contributed by atoms with van der Waals surface area (Å²) >= 11 is 3.57. The Balaban J connectivity index is 1.82. The molecular weight excluding hydrogens is 420 g/mol. The van der Waals surface area contributed by atoms with E-state index in [0.717, 1.165) is 40.9 Å². The number of carbonyl (C=O) groups is 1. The molecule has 7 heteroatoms. The van der Waals surface area contributed by atoms with Crippen molar-refractivity contribution < 1.29 is 9.53 Å². The van der Waals surface area contributed by atoms with E-state index in [4.69, 9.17) is 4.74 Å². The molecule has 2 heterocycles. The minimum absolute atomic E-state index is 0.0813. The number of halogens is 1. The predicted molar refractivity (Wildman–Crippen MR) is 115 cm³/mol. The van der Waals surface area contributed by atoms with Gasteiger partial charge in [0.25, 0.3) is 5.91 Å². The number of benzene rings is 1. The van der Waals surface area contributed by atoms with E-state index >= 15 is 0 Å². The van der Waals surface area contributed by atoms with Gasteiger partial charge in [0.1, 0.15) is 0 Å². The summed E-state index contributed by atoms with van der Waals surface area (Å²) in [5.74, 6) is 0.177. The van der Waals surface area contributed by atoms with Crippen LogP contribution in [0.5, 0.6) is 0 Å². The Morgan fingerprint density at radius 3 is 2.57 bits per heavy atom. The van der Waals surface area contributed by atoms with Gasteiger partial charge in [0.2, 0.25) is 0 Å². The van der Waals surface area contributed by atoms with Crippen molar-refractivity contribution >= 4 is 27.5 Å². The van der Waals surface area contributed by atoms with Gasteiger partial charge < -0.3 is 14.5 Å². The quantitative estimate of drug-likeness (QED) is 0.689. The van der Waals surface area contributed by atoms with Crippen LogP contribution in [-0.2, 0) is 11.3 Å². The van der Waals surface area contributed by atoms with Crippen LogP contribution >= 0.6 is 15.9 Å². The Bertz CT molecular complexity index is 795. The van der Waals surface area contributed by atoms with Crippen LogP contribution in [0.25, 0.3) is 0 Å². The smallest absolute Gasteiger partial charge is 0.275 e. The van der Waals surface area contributed by atoms with Gasteiger partial charge in [-0.05, 0) is 52.4 Å². The first-order valence-corrected chi connectivity index (χ1v) is 10.6. The van der Waals surface area contributed by atoms with E-state index in [9.17, 15) is 4.79 Å². The number of ether oxygens (including phenoxy) is 1. The minimum Gasteiger partial charge on any atom is -0.378 e. The molecule has 1 unspecified atom stereocenters. The second-order valence-electron chi connectivity index (χ2n) is 7.84. The van der Waals surface area contributed by atoms with Crippen LogP contribution in [0.4, 0.5) is 5.69 Å².